The van der Waals surface area contributed by atoms with E-state index in [4.69, 9.17) is 0 Å². The second kappa shape index (κ2) is 12.8. The molecule has 0 amide bonds. The molecule has 0 aromatic heterocycles. The quantitative estimate of drug-likeness (QED) is 0.274. The molecule has 7 rings (SSSR count). The van der Waals surface area contributed by atoms with Gasteiger partial charge in [-0.1, -0.05) is 0 Å². The molecule has 262 valence electrons. The molecule has 0 fully saturated rings. The molecule has 3 aromatic rings. The molecule has 3 heteroatoms. The molecule has 0 nitrogen and oxygen atoms in total. The molecule has 0 radical (unpaired) electrons. The topological polar surface area (TPSA) is 0 Å². The van der Waals surface area contributed by atoms with Crippen LogP contribution >= 0.6 is 0 Å². The van der Waals surface area contributed by atoms with Crippen molar-refractivity contribution in [2.24, 2.45) is 11.3 Å². The number of hydrogen-bond acceptors (Lipinski definition) is 0. The van der Waals surface area contributed by atoms with E-state index in [0.717, 1.165) is 0 Å². The van der Waals surface area contributed by atoms with Crippen molar-refractivity contribution in [3.05, 3.63) is 126 Å². The van der Waals surface area contributed by atoms with E-state index in [-0.39, 0.29) is 46.5 Å². The third-order valence-electron chi connectivity index (χ3n) is 11.9. The van der Waals surface area contributed by atoms with Crippen LogP contribution < -0.4 is 24.8 Å². The van der Waals surface area contributed by atoms with Crippen LogP contribution in [0.5, 0.6) is 0 Å². The Morgan fingerprint density at radius 3 is 1.50 bits per heavy atom. The molecule has 0 heterocycles. The summed E-state index contributed by atoms with van der Waals surface area (Å²) < 4.78 is 5.05. The molecule has 0 spiro atoms. The van der Waals surface area contributed by atoms with E-state index in [0.29, 0.717) is 9.54 Å². The van der Waals surface area contributed by atoms with E-state index in [1.807, 2.05) is 0 Å². The third-order valence-corrected chi connectivity index (χ3v) is 20.1. The molecule has 3 aromatic carbocycles. The Labute approximate surface area is 323 Å². The van der Waals surface area contributed by atoms with Gasteiger partial charge >= 0.3 is 301 Å². The van der Waals surface area contributed by atoms with Gasteiger partial charge in [0.2, 0.25) is 0 Å². The zero-order valence-corrected chi connectivity index (χ0v) is 36.8. The van der Waals surface area contributed by atoms with Gasteiger partial charge in [-0.3, -0.25) is 0 Å². The Morgan fingerprint density at radius 2 is 1.10 bits per heavy atom. The zero-order valence-electron chi connectivity index (χ0n) is 32.8. The van der Waals surface area contributed by atoms with Gasteiger partial charge in [-0.05, 0) is 0 Å². The molecule has 0 saturated carbocycles. The Morgan fingerprint density at radius 1 is 0.640 bits per heavy atom. The van der Waals surface area contributed by atoms with E-state index in [2.05, 4.69) is 167 Å². The predicted molar refractivity (Wildman–Crippen MR) is 207 cm³/mol. The first kappa shape index (κ1) is 39.2. The number of halogens is 2. The van der Waals surface area contributed by atoms with Crippen molar-refractivity contribution in [3.63, 3.8) is 0 Å². The number of benzene rings is 3. The molecule has 1 atom stereocenters. The van der Waals surface area contributed by atoms with Gasteiger partial charge in [0.25, 0.3) is 0 Å². The molecule has 4 aliphatic carbocycles. The van der Waals surface area contributed by atoms with Crippen LogP contribution in [-0.4, -0.2) is 3.71 Å². The van der Waals surface area contributed by atoms with E-state index >= 15 is 0 Å². The zero-order chi connectivity index (χ0) is 34.9. The number of allylic oxidation sites excluding steroid dienone is 8. The third kappa shape index (κ3) is 6.24. The molecule has 4 aliphatic rings. The second-order valence-corrected chi connectivity index (χ2v) is 24.3. The maximum atomic E-state index is 2.83. The van der Waals surface area contributed by atoms with Gasteiger partial charge in [-0.25, -0.2) is 0 Å². The van der Waals surface area contributed by atoms with Gasteiger partial charge < -0.3 is 24.8 Å². The van der Waals surface area contributed by atoms with E-state index in [1.54, 1.807) is 25.6 Å². The van der Waals surface area contributed by atoms with Crippen molar-refractivity contribution < 1.29 is 46.1 Å². The fraction of sp³-hybridized carbons (Fsp3) is 0.426. The summed E-state index contributed by atoms with van der Waals surface area (Å²) in [5.41, 5.74) is 21.3. The molecule has 0 bridgehead atoms. The van der Waals surface area contributed by atoms with Crippen LogP contribution in [0.15, 0.2) is 81.2 Å². The van der Waals surface area contributed by atoms with Crippen LogP contribution in [0.4, 0.5) is 0 Å². The molecule has 0 N–H and O–H groups in total. The van der Waals surface area contributed by atoms with Crippen molar-refractivity contribution >= 4 is 14.9 Å². The molecule has 0 saturated heterocycles. The van der Waals surface area contributed by atoms with E-state index in [9.17, 15) is 0 Å². The van der Waals surface area contributed by atoms with Crippen LogP contribution in [0, 0.1) is 11.3 Å². The van der Waals surface area contributed by atoms with Gasteiger partial charge in [0.1, 0.15) is 0 Å². The number of fused-ring (bicyclic) bond motifs is 5. The summed E-state index contributed by atoms with van der Waals surface area (Å²) in [4.78, 5) is 0. The molecular formula is C47H56Cl2Zr. The summed E-state index contributed by atoms with van der Waals surface area (Å²) in [6.45, 7) is 33.4. The van der Waals surface area contributed by atoms with Crippen molar-refractivity contribution in [2.45, 2.75) is 117 Å². The first-order valence-electron chi connectivity index (χ1n) is 18.2. The Balaban J connectivity index is 0.00000243. The van der Waals surface area contributed by atoms with Crippen LogP contribution in [-0.2, 0) is 37.5 Å². The van der Waals surface area contributed by atoms with Crippen LogP contribution in [0.2, 0.25) is 0 Å². The minimum atomic E-state index is -2.68. The van der Waals surface area contributed by atoms with Crippen LogP contribution in [0.1, 0.15) is 145 Å². The van der Waals surface area contributed by atoms with Crippen LogP contribution in [0.3, 0.4) is 0 Å². The fourth-order valence-electron chi connectivity index (χ4n) is 9.60. The minimum Gasteiger partial charge on any atom is -1.00 e. The molecule has 1 unspecified atom stereocenters. The maximum absolute atomic E-state index is 2.83. The normalized spacial score (nSPS) is 20.0. The Hall–Kier alpha value is -2.05. The Kier molecular flexibility index (Phi) is 10.0. The first-order valence-corrected chi connectivity index (χ1v) is 22.3. The minimum absolute atomic E-state index is 0. The van der Waals surface area contributed by atoms with Gasteiger partial charge in [0.05, 0.1) is 0 Å². The fourth-order valence-corrected chi connectivity index (χ4v) is 18.2. The van der Waals surface area contributed by atoms with Crippen molar-refractivity contribution in [3.8, 4) is 11.1 Å². The maximum Gasteiger partial charge on any atom is -1.00 e. The SMILES string of the molecule is CC1=CC(C)(C)c2cc3c(cc21)-c1cc2c(cc1[CH]3/[Zr+2](=[CH]/c1ccc(C(C)(C)C)cc1)[C]1=C(C)C(C(C)(C)C)=CC1C)C(C)(C)C=C2C.[Cl-].[Cl-]. The Bertz CT molecular complexity index is 1970. The average molecular weight is 783 g/mol. The van der Waals surface area contributed by atoms with Gasteiger partial charge in [-0.2, -0.15) is 0 Å². The van der Waals surface area contributed by atoms with Gasteiger partial charge in [0.15, 0.2) is 0 Å². The van der Waals surface area contributed by atoms with E-state index in [1.165, 1.54) is 55.7 Å². The van der Waals surface area contributed by atoms with Crippen LogP contribution in [0.25, 0.3) is 22.3 Å². The molecule has 50 heavy (non-hydrogen) atoms. The van der Waals surface area contributed by atoms with E-state index < -0.39 is 21.3 Å². The second-order valence-electron chi connectivity index (χ2n) is 18.6. The molecule has 0 aliphatic heterocycles. The van der Waals surface area contributed by atoms with Gasteiger partial charge in [-0.15, -0.1) is 0 Å². The summed E-state index contributed by atoms with van der Waals surface area (Å²) in [5.74, 6) is 0.468. The largest absolute Gasteiger partial charge is 1.00 e. The number of rotatable bonds is 3. The number of hydrogen-bond donors (Lipinski definition) is 0. The van der Waals surface area contributed by atoms with Gasteiger partial charge in [0, 0.05) is 0 Å². The standard InChI is InChI=1S/C25H25.C11H17.C11H14.2ClH.Zr/c1-14-12-24(3,4)22-8-16-7-17-9-23-19(15(2)13-25(23,5)6)11-21(17)20(16)10-18(14)22;1-8-6-9(2)10(7-8)11(3,4)5;1-9-5-7-10(8-6-9)11(2,3)4;;;/h7-13H,1-6H3;7-8H,1-5H3;1,5-8H,2-4H3;2*1H;/q;;;;;+2/p-2. The van der Waals surface area contributed by atoms with Crippen molar-refractivity contribution in [1.29, 1.82) is 0 Å². The summed E-state index contributed by atoms with van der Waals surface area (Å²) >= 11 is -2.68. The summed E-state index contributed by atoms with van der Waals surface area (Å²) in [6, 6.07) is 20.1. The first-order chi connectivity index (χ1) is 22.2. The molecular weight excluding hydrogens is 727 g/mol. The predicted octanol–water partition coefficient (Wildman–Crippen LogP) is 6.82. The summed E-state index contributed by atoms with van der Waals surface area (Å²) in [5, 5.41) is 0. The monoisotopic (exact) mass is 780 g/mol. The van der Waals surface area contributed by atoms with Crippen molar-refractivity contribution in [1.82, 2.24) is 0 Å². The summed E-state index contributed by atoms with van der Waals surface area (Å²) in [6.07, 6.45) is 7.61. The smallest absolute Gasteiger partial charge is 1.00 e. The van der Waals surface area contributed by atoms with Crippen molar-refractivity contribution in [2.75, 3.05) is 0 Å². The average Bonchev–Trinajstić information content (AvgIpc) is 3.60. The summed E-state index contributed by atoms with van der Waals surface area (Å²) in [7, 11) is 0.